The predicted molar refractivity (Wildman–Crippen MR) is 74.1 cm³/mol. The molecule has 0 aliphatic rings. The first-order chi connectivity index (χ1) is 9.21. The van der Waals surface area contributed by atoms with Crippen LogP contribution < -0.4 is 4.74 Å². The van der Waals surface area contributed by atoms with E-state index in [4.69, 9.17) is 14.6 Å². The van der Waals surface area contributed by atoms with Crippen molar-refractivity contribution in [3.63, 3.8) is 0 Å². The minimum atomic E-state index is -0.495. The molecule has 0 bridgehead atoms. The van der Waals surface area contributed by atoms with Gasteiger partial charge in [0.25, 0.3) is 0 Å². The van der Waals surface area contributed by atoms with Gasteiger partial charge in [0.2, 0.25) is 0 Å². The fourth-order valence-corrected chi connectivity index (χ4v) is 1.87. The number of aliphatic hydroxyl groups is 2. The van der Waals surface area contributed by atoms with Crippen molar-refractivity contribution in [2.45, 2.75) is 32.5 Å². The maximum atomic E-state index is 9.82. The highest BCUT2D eigenvalue weighted by molar-refractivity contribution is 5.26. The monoisotopic (exact) mass is 268 g/mol. The van der Waals surface area contributed by atoms with Crippen LogP contribution in [0.4, 0.5) is 0 Å². The first kappa shape index (κ1) is 16.0. The molecule has 1 rings (SSSR count). The SMILES string of the molecule is CC[C@H](CO)[C@H](O)CCOCc1ccc(OC)cc1. The summed E-state index contributed by atoms with van der Waals surface area (Å²) in [5, 5.41) is 18.9. The summed E-state index contributed by atoms with van der Waals surface area (Å²) in [7, 11) is 1.64. The van der Waals surface area contributed by atoms with Crippen LogP contribution in [0.5, 0.6) is 5.75 Å². The van der Waals surface area contributed by atoms with Gasteiger partial charge >= 0.3 is 0 Å². The molecule has 0 fully saturated rings. The fraction of sp³-hybridized carbons (Fsp3) is 0.600. The van der Waals surface area contributed by atoms with E-state index in [1.165, 1.54) is 0 Å². The van der Waals surface area contributed by atoms with Crippen LogP contribution in [0.1, 0.15) is 25.3 Å². The van der Waals surface area contributed by atoms with Crippen LogP contribution in [0.2, 0.25) is 0 Å². The molecule has 0 amide bonds. The van der Waals surface area contributed by atoms with E-state index in [9.17, 15) is 5.11 Å². The van der Waals surface area contributed by atoms with Gasteiger partial charge in [0.1, 0.15) is 5.75 Å². The molecular formula is C15H24O4. The van der Waals surface area contributed by atoms with Gasteiger partial charge in [-0.05, 0) is 30.5 Å². The summed E-state index contributed by atoms with van der Waals surface area (Å²) >= 11 is 0. The molecule has 1 aromatic carbocycles. The van der Waals surface area contributed by atoms with E-state index >= 15 is 0 Å². The standard InChI is InChI=1S/C15H24O4/c1-3-13(10-16)15(17)8-9-19-11-12-4-6-14(18-2)7-5-12/h4-7,13,15-17H,3,8-11H2,1-2H3/t13-,15-/m1/s1. The summed E-state index contributed by atoms with van der Waals surface area (Å²) in [6, 6.07) is 7.70. The molecule has 0 saturated carbocycles. The third kappa shape index (κ3) is 5.59. The molecule has 0 aromatic heterocycles. The minimum Gasteiger partial charge on any atom is -0.497 e. The summed E-state index contributed by atoms with van der Waals surface area (Å²) in [6.07, 6.45) is 0.830. The van der Waals surface area contributed by atoms with Crippen LogP contribution in [0.25, 0.3) is 0 Å². The first-order valence-corrected chi connectivity index (χ1v) is 6.70. The Bertz CT molecular complexity index is 333. The van der Waals surface area contributed by atoms with Crippen molar-refractivity contribution >= 4 is 0 Å². The van der Waals surface area contributed by atoms with E-state index in [0.717, 1.165) is 17.7 Å². The third-order valence-electron chi connectivity index (χ3n) is 3.29. The van der Waals surface area contributed by atoms with Crippen molar-refractivity contribution in [1.29, 1.82) is 0 Å². The van der Waals surface area contributed by atoms with E-state index in [1.807, 2.05) is 31.2 Å². The van der Waals surface area contributed by atoms with Crippen molar-refractivity contribution in [2.24, 2.45) is 5.92 Å². The summed E-state index contributed by atoms with van der Waals surface area (Å²) in [5.41, 5.74) is 1.07. The van der Waals surface area contributed by atoms with Crippen LogP contribution >= 0.6 is 0 Å². The maximum absolute atomic E-state index is 9.82. The normalized spacial score (nSPS) is 14.1. The summed E-state index contributed by atoms with van der Waals surface area (Å²) in [5.74, 6) is 0.775. The lowest BCUT2D eigenvalue weighted by atomic mass is 9.98. The molecule has 4 nitrogen and oxygen atoms in total. The third-order valence-corrected chi connectivity index (χ3v) is 3.29. The number of hydrogen-bond acceptors (Lipinski definition) is 4. The van der Waals surface area contributed by atoms with Crippen LogP contribution in [0.3, 0.4) is 0 Å². The Labute approximate surface area is 115 Å². The van der Waals surface area contributed by atoms with Gasteiger partial charge in [0, 0.05) is 19.1 Å². The van der Waals surface area contributed by atoms with Gasteiger partial charge < -0.3 is 19.7 Å². The highest BCUT2D eigenvalue weighted by Crippen LogP contribution is 2.13. The van der Waals surface area contributed by atoms with Gasteiger partial charge in [-0.15, -0.1) is 0 Å². The van der Waals surface area contributed by atoms with E-state index < -0.39 is 6.10 Å². The lowest BCUT2D eigenvalue weighted by molar-refractivity contribution is 0.0251. The lowest BCUT2D eigenvalue weighted by Crippen LogP contribution is -2.24. The molecule has 0 aliphatic heterocycles. The zero-order valence-electron chi connectivity index (χ0n) is 11.7. The second-order valence-corrected chi connectivity index (χ2v) is 4.61. The Balaban J connectivity index is 2.22. The molecule has 4 heteroatoms. The topological polar surface area (TPSA) is 58.9 Å². The second kappa shape index (κ2) is 8.91. The van der Waals surface area contributed by atoms with Crippen molar-refractivity contribution in [3.05, 3.63) is 29.8 Å². The number of aliphatic hydroxyl groups excluding tert-OH is 2. The molecular weight excluding hydrogens is 244 g/mol. The van der Waals surface area contributed by atoms with Crippen LogP contribution in [0, 0.1) is 5.92 Å². The van der Waals surface area contributed by atoms with E-state index in [2.05, 4.69) is 0 Å². The molecule has 2 atom stereocenters. The Kier molecular flexibility index (Phi) is 7.48. The van der Waals surface area contributed by atoms with Gasteiger partial charge in [-0.25, -0.2) is 0 Å². The van der Waals surface area contributed by atoms with Crippen LogP contribution in [-0.2, 0) is 11.3 Å². The molecule has 1 aromatic rings. The molecule has 0 unspecified atom stereocenters. The van der Waals surface area contributed by atoms with Crippen LogP contribution in [-0.4, -0.2) is 36.6 Å². The average Bonchev–Trinajstić information content (AvgIpc) is 2.45. The maximum Gasteiger partial charge on any atom is 0.118 e. The largest absolute Gasteiger partial charge is 0.497 e. The molecule has 2 N–H and O–H groups in total. The second-order valence-electron chi connectivity index (χ2n) is 4.61. The summed E-state index contributed by atoms with van der Waals surface area (Å²) in [6.45, 7) is 2.99. The van der Waals surface area contributed by atoms with Gasteiger partial charge in [0.15, 0.2) is 0 Å². The smallest absolute Gasteiger partial charge is 0.118 e. The van der Waals surface area contributed by atoms with Gasteiger partial charge in [-0.2, -0.15) is 0 Å². The van der Waals surface area contributed by atoms with Crippen molar-refractivity contribution in [1.82, 2.24) is 0 Å². The summed E-state index contributed by atoms with van der Waals surface area (Å²) < 4.78 is 10.6. The highest BCUT2D eigenvalue weighted by Gasteiger charge is 2.15. The zero-order valence-corrected chi connectivity index (χ0v) is 11.7. The number of benzene rings is 1. The van der Waals surface area contributed by atoms with Crippen LogP contribution in [0.15, 0.2) is 24.3 Å². The van der Waals surface area contributed by atoms with Crippen molar-refractivity contribution in [2.75, 3.05) is 20.3 Å². The quantitative estimate of drug-likeness (QED) is 0.672. The number of methoxy groups -OCH3 is 1. The van der Waals surface area contributed by atoms with Gasteiger partial charge in [0.05, 0.1) is 19.8 Å². The Hall–Kier alpha value is -1.10. The van der Waals surface area contributed by atoms with Crippen molar-refractivity contribution < 1.29 is 19.7 Å². The zero-order chi connectivity index (χ0) is 14.1. The molecule has 0 heterocycles. The Morgan fingerprint density at radius 3 is 2.42 bits per heavy atom. The lowest BCUT2D eigenvalue weighted by Gasteiger charge is -2.19. The number of hydrogen-bond donors (Lipinski definition) is 2. The highest BCUT2D eigenvalue weighted by atomic mass is 16.5. The average molecular weight is 268 g/mol. The number of rotatable bonds is 9. The molecule has 0 radical (unpaired) electrons. The van der Waals surface area contributed by atoms with Crippen molar-refractivity contribution in [3.8, 4) is 5.75 Å². The molecule has 19 heavy (non-hydrogen) atoms. The Morgan fingerprint density at radius 1 is 1.21 bits per heavy atom. The number of ether oxygens (including phenoxy) is 2. The van der Waals surface area contributed by atoms with E-state index in [0.29, 0.717) is 19.6 Å². The molecule has 108 valence electrons. The predicted octanol–water partition coefficient (Wildman–Crippen LogP) is 1.98. The molecule has 0 spiro atoms. The first-order valence-electron chi connectivity index (χ1n) is 6.70. The summed E-state index contributed by atoms with van der Waals surface area (Å²) in [4.78, 5) is 0. The van der Waals surface area contributed by atoms with E-state index in [-0.39, 0.29) is 12.5 Å². The van der Waals surface area contributed by atoms with Gasteiger partial charge in [-0.1, -0.05) is 19.1 Å². The Morgan fingerprint density at radius 2 is 1.89 bits per heavy atom. The molecule has 0 saturated heterocycles. The minimum absolute atomic E-state index is 0.0240. The molecule has 0 aliphatic carbocycles. The van der Waals surface area contributed by atoms with Gasteiger partial charge in [-0.3, -0.25) is 0 Å². The fourth-order valence-electron chi connectivity index (χ4n) is 1.87. The van der Waals surface area contributed by atoms with E-state index in [1.54, 1.807) is 7.11 Å².